The number of nitrogens with one attached hydrogen (secondary N) is 2. The average Bonchev–Trinajstić information content (AvgIpc) is 2.53. The first-order chi connectivity index (χ1) is 11.0. The molecule has 0 unspecified atom stereocenters. The van der Waals surface area contributed by atoms with E-state index in [0.717, 1.165) is 12.3 Å². The van der Waals surface area contributed by atoms with Crippen molar-refractivity contribution in [3.05, 3.63) is 73.4 Å². The molecule has 116 valence electrons. The fourth-order valence-electron chi connectivity index (χ4n) is 2.19. The molecule has 1 aliphatic heterocycles. The number of pyridine rings is 1. The molecule has 23 heavy (non-hydrogen) atoms. The van der Waals surface area contributed by atoms with Crippen molar-refractivity contribution in [1.29, 1.82) is 0 Å². The SMILES string of the molecule is O=c1ccn(-c2cc3c(cc2[N+](=O)[O-])NC=CN3)cc1[N+](=O)[O-]. The summed E-state index contributed by atoms with van der Waals surface area (Å²) in [5.41, 5.74) is -0.527. The first-order valence-corrected chi connectivity index (χ1v) is 6.35. The average molecular weight is 315 g/mol. The minimum absolute atomic E-state index is 0.0986. The molecule has 0 radical (unpaired) electrons. The summed E-state index contributed by atoms with van der Waals surface area (Å²) < 4.78 is 1.18. The Morgan fingerprint density at radius 3 is 2.17 bits per heavy atom. The minimum atomic E-state index is -0.828. The topological polar surface area (TPSA) is 132 Å². The molecule has 3 rings (SSSR count). The molecular weight excluding hydrogens is 306 g/mol. The molecule has 0 aliphatic carbocycles. The van der Waals surface area contributed by atoms with Crippen molar-refractivity contribution in [3.8, 4) is 5.69 Å². The van der Waals surface area contributed by atoms with Crippen molar-refractivity contribution >= 4 is 22.7 Å². The fourth-order valence-corrected chi connectivity index (χ4v) is 2.19. The molecular formula is C13H9N5O5. The monoisotopic (exact) mass is 315 g/mol. The second kappa shape index (κ2) is 5.26. The second-order valence-electron chi connectivity index (χ2n) is 4.62. The second-order valence-corrected chi connectivity index (χ2v) is 4.62. The smallest absolute Gasteiger partial charge is 0.332 e. The van der Waals surface area contributed by atoms with Gasteiger partial charge < -0.3 is 15.2 Å². The summed E-state index contributed by atoms with van der Waals surface area (Å²) in [5, 5.41) is 28.0. The maximum absolute atomic E-state index is 11.5. The van der Waals surface area contributed by atoms with Crippen LogP contribution in [0.1, 0.15) is 0 Å². The van der Waals surface area contributed by atoms with Crippen LogP contribution >= 0.6 is 0 Å². The van der Waals surface area contributed by atoms with Crippen LogP contribution in [0.5, 0.6) is 0 Å². The zero-order chi connectivity index (χ0) is 16.6. The first kappa shape index (κ1) is 14.3. The van der Waals surface area contributed by atoms with Crippen LogP contribution in [0.4, 0.5) is 22.7 Å². The Balaban J connectivity index is 2.23. The Kier molecular flexibility index (Phi) is 3.26. The van der Waals surface area contributed by atoms with Gasteiger partial charge in [0.1, 0.15) is 5.69 Å². The highest BCUT2D eigenvalue weighted by atomic mass is 16.6. The molecule has 0 amide bonds. The Morgan fingerprint density at radius 2 is 1.57 bits per heavy atom. The summed E-state index contributed by atoms with van der Waals surface area (Å²) in [6.45, 7) is 0. The Hall–Kier alpha value is -3.69. The van der Waals surface area contributed by atoms with E-state index in [1.165, 1.54) is 22.9 Å². The molecule has 10 nitrogen and oxygen atoms in total. The van der Waals surface area contributed by atoms with Crippen molar-refractivity contribution in [3.63, 3.8) is 0 Å². The van der Waals surface area contributed by atoms with Crippen LogP contribution in [0.25, 0.3) is 5.69 Å². The van der Waals surface area contributed by atoms with E-state index in [2.05, 4.69) is 10.6 Å². The lowest BCUT2D eigenvalue weighted by Crippen LogP contribution is -2.12. The quantitative estimate of drug-likeness (QED) is 0.653. The van der Waals surface area contributed by atoms with Gasteiger partial charge in [0.25, 0.3) is 11.1 Å². The van der Waals surface area contributed by atoms with E-state index in [0.29, 0.717) is 11.4 Å². The Labute approximate surface area is 128 Å². The number of nitrogens with zero attached hydrogens (tertiary/aromatic N) is 3. The lowest BCUT2D eigenvalue weighted by atomic mass is 10.2. The largest absolute Gasteiger partial charge is 0.359 e. The summed E-state index contributed by atoms with van der Waals surface area (Å²) in [6.07, 6.45) is 5.39. The van der Waals surface area contributed by atoms with Crippen LogP contribution in [-0.4, -0.2) is 14.4 Å². The third-order valence-corrected chi connectivity index (χ3v) is 3.25. The number of fused-ring (bicyclic) bond motifs is 1. The summed E-state index contributed by atoms with van der Waals surface area (Å²) in [6, 6.07) is 3.77. The van der Waals surface area contributed by atoms with E-state index in [4.69, 9.17) is 0 Å². The zero-order valence-electron chi connectivity index (χ0n) is 11.4. The molecule has 0 fully saturated rings. The molecule has 0 saturated carbocycles. The van der Waals surface area contributed by atoms with Crippen LogP contribution in [0.3, 0.4) is 0 Å². The number of benzene rings is 1. The van der Waals surface area contributed by atoms with E-state index < -0.39 is 21.0 Å². The number of nitro groups is 2. The number of rotatable bonds is 3. The maximum Gasteiger partial charge on any atom is 0.332 e. The van der Waals surface area contributed by atoms with Crippen LogP contribution < -0.4 is 16.1 Å². The third kappa shape index (κ3) is 2.48. The molecule has 1 aliphatic rings. The predicted molar refractivity (Wildman–Crippen MR) is 81.7 cm³/mol. The van der Waals surface area contributed by atoms with E-state index >= 15 is 0 Å². The van der Waals surface area contributed by atoms with Crippen molar-refractivity contribution in [2.45, 2.75) is 0 Å². The number of hydrogen-bond donors (Lipinski definition) is 2. The molecule has 0 spiro atoms. The molecule has 0 atom stereocenters. The summed E-state index contributed by atoms with van der Waals surface area (Å²) in [5.74, 6) is 0. The lowest BCUT2D eigenvalue weighted by Gasteiger charge is -2.16. The molecule has 10 heteroatoms. The van der Waals surface area contributed by atoms with Crippen molar-refractivity contribution < 1.29 is 9.85 Å². The number of aromatic nitrogens is 1. The predicted octanol–water partition coefficient (Wildman–Crippen LogP) is 1.96. The van der Waals surface area contributed by atoms with Crippen molar-refractivity contribution in [1.82, 2.24) is 4.57 Å². The maximum atomic E-state index is 11.5. The van der Waals surface area contributed by atoms with Gasteiger partial charge in [-0.25, -0.2) is 0 Å². The van der Waals surface area contributed by atoms with Gasteiger partial charge in [-0.05, 0) is 6.07 Å². The highest BCUT2D eigenvalue weighted by Crippen LogP contribution is 2.35. The normalized spacial score (nSPS) is 12.0. The van der Waals surface area contributed by atoms with Gasteiger partial charge >= 0.3 is 5.69 Å². The van der Waals surface area contributed by atoms with E-state index in [1.807, 2.05) is 0 Å². The summed E-state index contributed by atoms with van der Waals surface area (Å²) >= 11 is 0. The van der Waals surface area contributed by atoms with Crippen LogP contribution in [-0.2, 0) is 0 Å². The molecule has 2 N–H and O–H groups in total. The Bertz CT molecular complexity index is 917. The Morgan fingerprint density at radius 1 is 0.957 bits per heavy atom. The van der Waals surface area contributed by atoms with Gasteiger partial charge in [-0.15, -0.1) is 0 Å². The molecule has 0 bridgehead atoms. The van der Waals surface area contributed by atoms with E-state index in [1.54, 1.807) is 12.4 Å². The van der Waals surface area contributed by atoms with Crippen LogP contribution in [0.15, 0.2) is 47.8 Å². The zero-order valence-corrected chi connectivity index (χ0v) is 11.4. The van der Waals surface area contributed by atoms with Gasteiger partial charge in [0.2, 0.25) is 0 Å². The molecule has 1 aromatic heterocycles. The number of hydrogen-bond acceptors (Lipinski definition) is 7. The number of anilines is 2. The molecule has 1 aromatic carbocycles. The standard InChI is InChI=1S/C13H9N5O5/c19-13-1-4-16(7-12(13)18(22)23)10-5-8-9(15-3-2-14-8)6-11(10)17(20)21/h1-7,14-15H. The van der Waals surface area contributed by atoms with Gasteiger partial charge in [0.05, 0.1) is 27.4 Å². The first-order valence-electron chi connectivity index (χ1n) is 6.35. The summed E-state index contributed by atoms with van der Waals surface area (Å²) in [4.78, 5) is 32.2. The summed E-state index contributed by atoms with van der Waals surface area (Å²) in [7, 11) is 0. The third-order valence-electron chi connectivity index (χ3n) is 3.25. The highest BCUT2D eigenvalue weighted by molar-refractivity contribution is 5.80. The van der Waals surface area contributed by atoms with E-state index in [9.17, 15) is 25.0 Å². The highest BCUT2D eigenvalue weighted by Gasteiger charge is 2.22. The molecule has 0 saturated heterocycles. The van der Waals surface area contributed by atoms with Gasteiger partial charge in [0, 0.05) is 30.7 Å². The lowest BCUT2D eigenvalue weighted by molar-refractivity contribution is -0.386. The van der Waals surface area contributed by atoms with Crippen LogP contribution in [0.2, 0.25) is 0 Å². The fraction of sp³-hybridized carbons (Fsp3) is 0. The van der Waals surface area contributed by atoms with Crippen molar-refractivity contribution in [2.24, 2.45) is 0 Å². The minimum Gasteiger partial charge on any atom is -0.359 e. The number of nitro benzene ring substituents is 1. The van der Waals surface area contributed by atoms with Gasteiger partial charge in [0.15, 0.2) is 0 Å². The van der Waals surface area contributed by atoms with Crippen LogP contribution in [0, 0.1) is 20.2 Å². The van der Waals surface area contributed by atoms with Gasteiger partial charge in [-0.2, -0.15) is 0 Å². The van der Waals surface area contributed by atoms with E-state index in [-0.39, 0.29) is 11.4 Å². The van der Waals surface area contributed by atoms with Gasteiger partial charge in [-0.1, -0.05) is 0 Å². The van der Waals surface area contributed by atoms with Gasteiger partial charge in [-0.3, -0.25) is 25.0 Å². The molecule has 2 aromatic rings. The van der Waals surface area contributed by atoms with Crippen molar-refractivity contribution in [2.75, 3.05) is 10.6 Å². The molecule has 2 heterocycles.